The Hall–Kier alpha value is -0.510. The minimum atomic E-state index is -3.56. The number of hydrogen-bond acceptors (Lipinski definition) is 6. The lowest BCUT2D eigenvalue weighted by atomic mass is 10.1. The van der Waals surface area contributed by atoms with Gasteiger partial charge in [0, 0.05) is 24.5 Å². The molecule has 1 aliphatic rings. The first kappa shape index (κ1) is 15.9. The number of aliphatic hydroxyl groups is 1. The Kier molecular flexibility index (Phi) is 4.53. The molecule has 20 heavy (non-hydrogen) atoms. The van der Waals surface area contributed by atoms with Gasteiger partial charge < -0.3 is 15.6 Å². The Morgan fingerprint density at radius 3 is 2.80 bits per heavy atom. The summed E-state index contributed by atoms with van der Waals surface area (Å²) in [4.78, 5) is 0.829. The molecular formula is C12H20N2O4S2. The number of morpholine rings is 1. The van der Waals surface area contributed by atoms with Gasteiger partial charge in [-0.25, -0.2) is 8.42 Å². The van der Waals surface area contributed by atoms with Gasteiger partial charge in [0.15, 0.2) is 0 Å². The van der Waals surface area contributed by atoms with Gasteiger partial charge >= 0.3 is 0 Å². The normalized spacial score (nSPS) is 23.9. The standard InChI is InChI=1S/C12H20N2O4S2/c1-12(2)8-14(6-9(7-15)18-12)20(16,17)11-4-3-10(5-13)19-11/h3-4,9,15H,5-8,13H2,1-2H3. The molecule has 0 aromatic carbocycles. The van der Waals surface area contributed by atoms with Crippen molar-refractivity contribution in [3.8, 4) is 0 Å². The molecule has 0 aliphatic carbocycles. The van der Waals surface area contributed by atoms with Crippen LogP contribution in [-0.4, -0.2) is 49.2 Å². The van der Waals surface area contributed by atoms with Crippen LogP contribution in [0.5, 0.6) is 0 Å². The molecule has 114 valence electrons. The zero-order valence-electron chi connectivity index (χ0n) is 11.6. The van der Waals surface area contributed by atoms with E-state index >= 15 is 0 Å². The molecule has 2 heterocycles. The molecule has 1 saturated heterocycles. The first-order valence-corrected chi connectivity index (χ1v) is 8.62. The highest BCUT2D eigenvalue weighted by Crippen LogP contribution is 2.29. The smallest absolute Gasteiger partial charge is 0.252 e. The van der Waals surface area contributed by atoms with Gasteiger partial charge in [0.2, 0.25) is 0 Å². The van der Waals surface area contributed by atoms with Gasteiger partial charge in [-0.15, -0.1) is 11.3 Å². The Balaban J connectivity index is 2.28. The number of sulfonamides is 1. The minimum Gasteiger partial charge on any atom is -0.394 e. The van der Waals surface area contributed by atoms with Crippen LogP contribution in [0.15, 0.2) is 16.3 Å². The van der Waals surface area contributed by atoms with Crippen LogP contribution >= 0.6 is 11.3 Å². The van der Waals surface area contributed by atoms with Crippen molar-refractivity contribution in [2.24, 2.45) is 5.73 Å². The monoisotopic (exact) mass is 320 g/mol. The highest BCUT2D eigenvalue weighted by molar-refractivity contribution is 7.91. The third-order valence-electron chi connectivity index (χ3n) is 3.09. The van der Waals surface area contributed by atoms with Gasteiger partial charge in [0.25, 0.3) is 10.0 Å². The summed E-state index contributed by atoms with van der Waals surface area (Å²) in [5.41, 5.74) is 4.90. The maximum Gasteiger partial charge on any atom is 0.252 e. The Bertz CT molecular complexity index is 568. The van der Waals surface area contributed by atoms with Crippen LogP contribution in [0, 0.1) is 0 Å². The maximum atomic E-state index is 12.6. The molecule has 1 atom stereocenters. The molecule has 2 rings (SSSR count). The van der Waals surface area contributed by atoms with Crippen molar-refractivity contribution in [1.82, 2.24) is 4.31 Å². The fourth-order valence-electron chi connectivity index (χ4n) is 2.25. The van der Waals surface area contributed by atoms with E-state index in [1.165, 1.54) is 15.6 Å². The Morgan fingerprint density at radius 1 is 1.55 bits per heavy atom. The molecule has 1 aromatic heterocycles. The van der Waals surface area contributed by atoms with Crippen molar-refractivity contribution in [3.63, 3.8) is 0 Å². The number of ether oxygens (including phenoxy) is 1. The molecule has 1 aliphatic heterocycles. The average molecular weight is 320 g/mol. The van der Waals surface area contributed by atoms with Crippen LogP contribution in [0.4, 0.5) is 0 Å². The van der Waals surface area contributed by atoms with E-state index in [2.05, 4.69) is 0 Å². The summed E-state index contributed by atoms with van der Waals surface area (Å²) in [5, 5.41) is 9.26. The van der Waals surface area contributed by atoms with Crippen LogP contribution < -0.4 is 5.73 Å². The predicted octanol–water partition coefficient (Wildman–Crippen LogP) is 0.367. The number of nitrogens with two attached hydrogens (primary N) is 1. The lowest BCUT2D eigenvalue weighted by Gasteiger charge is -2.41. The number of hydrogen-bond donors (Lipinski definition) is 2. The molecule has 6 nitrogen and oxygen atoms in total. The third-order valence-corrected chi connectivity index (χ3v) is 6.47. The van der Waals surface area contributed by atoms with E-state index in [1.807, 2.05) is 13.8 Å². The van der Waals surface area contributed by atoms with Gasteiger partial charge in [-0.3, -0.25) is 0 Å². The zero-order chi connectivity index (χ0) is 15.0. The highest BCUT2D eigenvalue weighted by atomic mass is 32.2. The number of thiophene rings is 1. The van der Waals surface area contributed by atoms with E-state index in [4.69, 9.17) is 10.5 Å². The second-order valence-electron chi connectivity index (χ2n) is 5.40. The first-order chi connectivity index (χ1) is 9.28. The lowest BCUT2D eigenvalue weighted by Crippen LogP contribution is -2.55. The van der Waals surface area contributed by atoms with E-state index in [9.17, 15) is 13.5 Å². The number of aliphatic hydroxyl groups excluding tert-OH is 1. The molecule has 0 saturated carbocycles. The van der Waals surface area contributed by atoms with E-state index < -0.39 is 21.7 Å². The zero-order valence-corrected chi connectivity index (χ0v) is 13.2. The van der Waals surface area contributed by atoms with E-state index in [-0.39, 0.29) is 23.9 Å². The highest BCUT2D eigenvalue weighted by Gasteiger charge is 2.39. The average Bonchev–Trinajstić information content (AvgIpc) is 2.86. The fourth-order valence-corrected chi connectivity index (χ4v) is 5.26. The number of rotatable bonds is 4. The molecule has 1 fully saturated rings. The first-order valence-electron chi connectivity index (χ1n) is 6.36. The summed E-state index contributed by atoms with van der Waals surface area (Å²) in [6, 6.07) is 3.31. The lowest BCUT2D eigenvalue weighted by molar-refractivity contribution is -0.131. The summed E-state index contributed by atoms with van der Waals surface area (Å²) in [7, 11) is -3.56. The maximum absolute atomic E-state index is 12.6. The topological polar surface area (TPSA) is 92.9 Å². The van der Waals surface area contributed by atoms with Crippen molar-refractivity contribution >= 4 is 21.4 Å². The van der Waals surface area contributed by atoms with Crippen LogP contribution in [-0.2, 0) is 21.3 Å². The summed E-state index contributed by atoms with van der Waals surface area (Å²) < 4.78 is 32.5. The molecular weight excluding hydrogens is 300 g/mol. The number of nitrogens with zero attached hydrogens (tertiary/aromatic N) is 1. The van der Waals surface area contributed by atoms with Crippen LogP contribution in [0.1, 0.15) is 18.7 Å². The summed E-state index contributed by atoms with van der Waals surface area (Å²) in [6.07, 6.45) is -0.498. The summed E-state index contributed by atoms with van der Waals surface area (Å²) in [5.74, 6) is 0. The van der Waals surface area contributed by atoms with Gasteiger partial charge in [0.1, 0.15) is 4.21 Å². The van der Waals surface area contributed by atoms with Crippen molar-refractivity contribution in [3.05, 3.63) is 17.0 Å². The molecule has 0 spiro atoms. The molecule has 1 aromatic rings. The third kappa shape index (κ3) is 3.21. The van der Waals surface area contributed by atoms with Crippen molar-refractivity contribution in [2.45, 2.75) is 36.3 Å². The molecule has 0 amide bonds. The summed E-state index contributed by atoms with van der Waals surface area (Å²) in [6.45, 7) is 4.19. The molecule has 0 radical (unpaired) electrons. The van der Waals surface area contributed by atoms with Gasteiger partial charge in [0.05, 0.1) is 18.3 Å². The van der Waals surface area contributed by atoms with E-state index in [0.29, 0.717) is 6.54 Å². The second-order valence-corrected chi connectivity index (χ2v) is 8.74. The van der Waals surface area contributed by atoms with Gasteiger partial charge in [-0.1, -0.05) is 0 Å². The minimum absolute atomic E-state index is 0.165. The summed E-state index contributed by atoms with van der Waals surface area (Å²) >= 11 is 1.18. The molecule has 1 unspecified atom stereocenters. The van der Waals surface area contributed by atoms with E-state index in [1.54, 1.807) is 12.1 Å². The SMILES string of the molecule is CC1(C)CN(S(=O)(=O)c2ccc(CN)s2)CC(CO)O1. The van der Waals surface area contributed by atoms with Gasteiger partial charge in [-0.05, 0) is 26.0 Å². The Morgan fingerprint density at radius 2 is 2.25 bits per heavy atom. The second kappa shape index (κ2) is 5.70. The quantitative estimate of drug-likeness (QED) is 0.836. The molecule has 8 heteroatoms. The van der Waals surface area contributed by atoms with E-state index in [0.717, 1.165) is 4.88 Å². The fraction of sp³-hybridized carbons (Fsp3) is 0.667. The van der Waals surface area contributed by atoms with Crippen molar-refractivity contribution in [2.75, 3.05) is 19.7 Å². The molecule has 3 N–H and O–H groups in total. The van der Waals surface area contributed by atoms with Crippen molar-refractivity contribution < 1.29 is 18.3 Å². The largest absolute Gasteiger partial charge is 0.394 e. The predicted molar refractivity (Wildman–Crippen MR) is 77.0 cm³/mol. The van der Waals surface area contributed by atoms with Crippen molar-refractivity contribution in [1.29, 1.82) is 0 Å². The molecule has 0 bridgehead atoms. The van der Waals surface area contributed by atoms with Crippen LogP contribution in [0.2, 0.25) is 0 Å². The van der Waals surface area contributed by atoms with Crippen LogP contribution in [0.3, 0.4) is 0 Å². The Labute approximate surface area is 123 Å². The van der Waals surface area contributed by atoms with Crippen LogP contribution in [0.25, 0.3) is 0 Å². The van der Waals surface area contributed by atoms with Gasteiger partial charge in [-0.2, -0.15) is 4.31 Å².